The molecule has 0 aromatic heterocycles. The fourth-order valence-corrected chi connectivity index (χ4v) is 4.07. The van der Waals surface area contributed by atoms with Crippen molar-refractivity contribution in [2.45, 2.75) is 34.1 Å². The van der Waals surface area contributed by atoms with Crippen molar-refractivity contribution in [3.63, 3.8) is 0 Å². The Morgan fingerprint density at radius 3 is 2.65 bits per heavy atom. The molecule has 23 heavy (non-hydrogen) atoms. The number of fused-ring (bicyclic) bond motifs is 2. The molecule has 3 aliphatic rings. The summed E-state index contributed by atoms with van der Waals surface area (Å²) in [6, 6.07) is 6.82. The first kappa shape index (κ1) is 14.5. The largest absolute Gasteiger partial charge is 0.0801 e. The van der Waals surface area contributed by atoms with E-state index in [0.29, 0.717) is 5.92 Å². The third-order valence-corrected chi connectivity index (χ3v) is 5.78. The summed E-state index contributed by atoms with van der Waals surface area (Å²) in [5, 5.41) is 2.76. The van der Waals surface area contributed by atoms with E-state index < -0.39 is 0 Å². The van der Waals surface area contributed by atoms with Crippen LogP contribution in [-0.4, -0.2) is 0 Å². The van der Waals surface area contributed by atoms with E-state index in [2.05, 4.69) is 82.4 Å². The van der Waals surface area contributed by atoms with Gasteiger partial charge in [-0.2, -0.15) is 0 Å². The van der Waals surface area contributed by atoms with Crippen LogP contribution in [-0.2, 0) is 0 Å². The molecule has 0 bridgehead atoms. The molecule has 1 aromatic rings. The Morgan fingerprint density at radius 2 is 1.96 bits per heavy atom. The summed E-state index contributed by atoms with van der Waals surface area (Å²) in [5.74, 6) is 0.572. The molecule has 0 heteroatoms. The lowest BCUT2D eigenvalue weighted by molar-refractivity contribution is 0.360. The maximum Gasteiger partial charge on any atom is 0.0139 e. The molecule has 0 fully saturated rings. The first-order valence-electron chi connectivity index (χ1n) is 8.64. The third-order valence-electron chi connectivity index (χ3n) is 5.78. The summed E-state index contributed by atoms with van der Waals surface area (Å²) < 4.78 is 0. The molecule has 0 saturated carbocycles. The second-order valence-electron chi connectivity index (χ2n) is 7.53. The van der Waals surface area contributed by atoms with E-state index >= 15 is 0 Å². The van der Waals surface area contributed by atoms with Crippen LogP contribution in [0.1, 0.15) is 32.8 Å². The van der Waals surface area contributed by atoms with Gasteiger partial charge in [0.1, 0.15) is 0 Å². The lowest BCUT2D eigenvalue weighted by Crippen LogP contribution is -2.28. The molecule has 0 radical (unpaired) electrons. The van der Waals surface area contributed by atoms with Gasteiger partial charge < -0.3 is 0 Å². The van der Waals surface area contributed by atoms with Crippen molar-refractivity contribution >= 4 is 11.6 Å². The molecule has 1 aromatic carbocycles. The van der Waals surface area contributed by atoms with Gasteiger partial charge in [-0.3, -0.25) is 0 Å². The van der Waals surface area contributed by atoms with Crippen molar-refractivity contribution in [3.8, 4) is 0 Å². The fourth-order valence-electron chi connectivity index (χ4n) is 4.07. The average Bonchev–Trinajstić information content (AvgIpc) is 3.13. The van der Waals surface area contributed by atoms with Gasteiger partial charge in [0.25, 0.3) is 0 Å². The van der Waals surface area contributed by atoms with Crippen molar-refractivity contribution in [2.24, 2.45) is 11.3 Å². The second kappa shape index (κ2) is 4.96. The standard InChI is InChI=1S/C23H24/c1-15(2)23(4)12-11-20-19-10-9-16(3)13-18(19)14-21(20)22(23)17-7-5-6-8-17/h5-7,9-15H,8H2,1-4H3. The molecule has 1 atom stereocenters. The zero-order valence-corrected chi connectivity index (χ0v) is 14.5. The Balaban J connectivity index is 2.05. The van der Waals surface area contributed by atoms with Crippen LogP contribution in [0, 0.1) is 18.3 Å². The third kappa shape index (κ3) is 2.05. The highest BCUT2D eigenvalue weighted by Gasteiger charge is 2.37. The van der Waals surface area contributed by atoms with Crippen LogP contribution >= 0.6 is 0 Å². The van der Waals surface area contributed by atoms with Crippen molar-refractivity contribution in [1.82, 2.24) is 0 Å². The Hall–Kier alpha value is -2.08. The summed E-state index contributed by atoms with van der Waals surface area (Å²) in [6.45, 7) is 9.25. The zero-order chi connectivity index (χ0) is 16.2. The van der Waals surface area contributed by atoms with Gasteiger partial charge in [-0.05, 0) is 58.1 Å². The smallest absolute Gasteiger partial charge is 0.0139 e. The molecule has 0 aliphatic heterocycles. The Bertz CT molecular complexity index is 929. The van der Waals surface area contributed by atoms with E-state index in [4.69, 9.17) is 0 Å². The van der Waals surface area contributed by atoms with Crippen LogP contribution in [0.15, 0.2) is 65.3 Å². The molecule has 0 heterocycles. The van der Waals surface area contributed by atoms with Crippen molar-refractivity contribution < 1.29 is 0 Å². The fraction of sp³-hybridized carbons (Fsp3) is 0.304. The lowest BCUT2D eigenvalue weighted by Gasteiger charge is -2.38. The van der Waals surface area contributed by atoms with Crippen LogP contribution in [0.5, 0.6) is 0 Å². The van der Waals surface area contributed by atoms with Gasteiger partial charge in [-0.1, -0.05) is 74.9 Å². The molecule has 0 N–H and O–H groups in total. The van der Waals surface area contributed by atoms with E-state index in [1.54, 1.807) is 0 Å². The number of rotatable bonds is 2. The number of aryl methyl sites for hydroxylation is 1. The topological polar surface area (TPSA) is 0 Å². The molecule has 1 unspecified atom stereocenters. The quantitative estimate of drug-likeness (QED) is 0.761. The predicted molar refractivity (Wildman–Crippen MR) is 99.3 cm³/mol. The molecule has 4 rings (SSSR count). The summed E-state index contributed by atoms with van der Waals surface area (Å²) in [6.07, 6.45) is 15.1. The monoisotopic (exact) mass is 300 g/mol. The van der Waals surface area contributed by atoms with Crippen molar-refractivity contribution in [3.05, 3.63) is 81.3 Å². The van der Waals surface area contributed by atoms with E-state index in [1.807, 2.05) is 0 Å². The molecule has 0 amide bonds. The number of hydrogen-bond acceptors (Lipinski definition) is 0. The van der Waals surface area contributed by atoms with Crippen LogP contribution < -0.4 is 10.4 Å². The highest BCUT2D eigenvalue weighted by atomic mass is 14.4. The highest BCUT2D eigenvalue weighted by molar-refractivity contribution is 5.91. The summed E-state index contributed by atoms with van der Waals surface area (Å²) in [7, 11) is 0. The molecular formula is C23H24. The van der Waals surface area contributed by atoms with Crippen LogP contribution in [0.4, 0.5) is 0 Å². The summed E-state index contributed by atoms with van der Waals surface area (Å²) >= 11 is 0. The van der Waals surface area contributed by atoms with Gasteiger partial charge in [0.15, 0.2) is 0 Å². The molecule has 0 nitrogen and oxygen atoms in total. The highest BCUT2D eigenvalue weighted by Crippen LogP contribution is 2.49. The predicted octanol–water partition coefficient (Wildman–Crippen LogP) is 4.35. The summed E-state index contributed by atoms with van der Waals surface area (Å²) in [4.78, 5) is 0. The van der Waals surface area contributed by atoms with Crippen LogP contribution in [0.25, 0.3) is 11.6 Å². The van der Waals surface area contributed by atoms with E-state index in [-0.39, 0.29) is 5.41 Å². The van der Waals surface area contributed by atoms with Gasteiger partial charge in [-0.25, -0.2) is 0 Å². The lowest BCUT2D eigenvalue weighted by atomic mass is 9.65. The molecule has 3 aliphatic carbocycles. The second-order valence-corrected chi connectivity index (χ2v) is 7.53. The zero-order valence-electron chi connectivity index (χ0n) is 14.5. The van der Waals surface area contributed by atoms with E-state index in [1.165, 1.54) is 38.3 Å². The minimum atomic E-state index is 0.101. The average molecular weight is 300 g/mol. The first-order valence-corrected chi connectivity index (χ1v) is 8.64. The number of benzene rings is 1. The van der Waals surface area contributed by atoms with Crippen LogP contribution in [0.3, 0.4) is 0 Å². The number of allylic oxidation sites excluding steroid dienone is 8. The molecule has 116 valence electrons. The van der Waals surface area contributed by atoms with Gasteiger partial charge in [0.05, 0.1) is 0 Å². The normalized spacial score (nSPS) is 24.9. The minimum absolute atomic E-state index is 0.101. The maximum atomic E-state index is 2.44. The SMILES string of the molecule is Cc1ccc2c(c1)=CC1=C(C3=CC=CC3)C(C)(C(C)C)C=CC=21. The first-order chi connectivity index (χ1) is 11.0. The van der Waals surface area contributed by atoms with Crippen LogP contribution in [0.2, 0.25) is 0 Å². The minimum Gasteiger partial charge on any atom is -0.0801 e. The molecule has 0 saturated heterocycles. The van der Waals surface area contributed by atoms with Crippen molar-refractivity contribution in [1.29, 1.82) is 0 Å². The molecular weight excluding hydrogens is 276 g/mol. The van der Waals surface area contributed by atoms with Gasteiger partial charge in [0.2, 0.25) is 0 Å². The Labute approximate surface area is 138 Å². The maximum absolute atomic E-state index is 2.44. The Kier molecular flexibility index (Phi) is 3.13. The summed E-state index contributed by atoms with van der Waals surface area (Å²) in [5.41, 5.74) is 7.30. The van der Waals surface area contributed by atoms with E-state index in [0.717, 1.165) is 6.42 Å². The molecule has 0 spiro atoms. The van der Waals surface area contributed by atoms with E-state index in [9.17, 15) is 0 Å². The number of hydrogen-bond donors (Lipinski definition) is 0. The van der Waals surface area contributed by atoms with Gasteiger partial charge in [0, 0.05) is 5.41 Å². The Morgan fingerprint density at radius 1 is 1.13 bits per heavy atom. The van der Waals surface area contributed by atoms with Crippen molar-refractivity contribution in [2.75, 3.05) is 0 Å². The van der Waals surface area contributed by atoms with Gasteiger partial charge in [-0.15, -0.1) is 0 Å². The van der Waals surface area contributed by atoms with Gasteiger partial charge >= 0.3 is 0 Å².